The quantitative estimate of drug-likeness (QED) is 0.803. The number of aromatic nitrogens is 2. The van der Waals surface area contributed by atoms with Crippen molar-refractivity contribution in [3.05, 3.63) is 18.0 Å². The highest BCUT2D eigenvalue weighted by molar-refractivity contribution is 5.02. The van der Waals surface area contributed by atoms with Crippen LogP contribution in [0.2, 0.25) is 0 Å². The van der Waals surface area contributed by atoms with E-state index in [9.17, 15) is 0 Å². The van der Waals surface area contributed by atoms with Gasteiger partial charge in [-0.2, -0.15) is 5.10 Å². The van der Waals surface area contributed by atoms with Gasteiger partial charge in [-0.1, -0.05) is 0 Å². The summed E-state index contributed by atoms with van der Waals surface area (Å²) < 4.78 is 7.55. The zero-order valence-corrected chi connectivity index (χ0v) is 9.39. The molecule has 0 saturated carbocycles. The van der Waals surface area contributed by atoms with Gasteiger partial charge in [-0.3, -0.25) is 4.68 Å². The van der Waals surface area contributed by atoms with Crippen molar-refractivity contribution in [2.24, 2.45) is 12.8 Å². The molecule has 2 N–H and O–H groups in total. The Kier molecular flexibility index (Phi) is 3.07. The van der Waals surface area contributed by atoms with Crippen LogP contribution < -0.4 is 5.73 Å². The molecule has 1 aliphatic rings. The first-order chi connectivity index (χ1) is 7.15. The van der Waals surface area contributed by atoms with Crippen molar-refractivity contribution in [1.82, 2.24) is 9.78 Å². The van der Waals surface area contributed by atoms with Gasteiger partial charge in [0.2, 0.25) is 0 Å². The van der Waals surface area contributed by atoms with Crippen LogP contribution in [0.3, 0.4) is 0 Å². The summed E-state index contributed by atoms with van der Waals surface area (Å²) in [6.45, 7) is 2.10. The van der Waals surface area contributed by atoms with Gasteiger partial charge >= 0.3 is 0 Å². The number of aryl methyl sites for hydroxylation is 1. The molecule has 84 valence electrons. The number of hydrogen-bond donors (Lipinski definition) is 1. The predicted molar refractivity (Wildman–Crippen MR) is 58.5 cm³/mol. The Balaban J connectivity index is 1.89. The maximum absolute atomic E-state index is 6.11. The lowest BCUT2D eigenvalue weighted by atomic mass is 10.0. The van der Waals surface area contributed by atoms with Gasteiger partial charge in [-0.05, 0) is 25.8 Å². The van der Waals surface area contributed by atoms with Gasteiger partial charge in [0.25, 0.3) is 0 Å². The molecule has 1 aromatic heterocycles. The maximum atomic E-state index is 6.11. The van der Waals surface area contributed by atoms with Crippen LogP contribution in [0.15, 0.2) is 12.3 Å². The van der Waals surface area contributed by atoms with E-state index < -0.39 is 0 Å². The van der Waals surface area contributed by atoms with Crippen LogP contribution in [-0.4, -0.2) is 28.0 Å². The molecule has 0 aliphatic carbocycles. The third-order valence-corrected chi connectivity index (χ3v) is 2.96. The standard InChI is InChI=1S/C11H19N3O/c1-8-3-4-11(15-8)10(12)7-9-5-6-14(2)13-9/h5-6,8,10-11H,3-4,7,12H2,1-2H3. The molecule has 2 heterocycles. The molecule has 0 spiro atoms. The molecule has 2 rings (SSSR count). The van der Waals surface area contributed by atoms with Gasteiger partial charge in [0.1, 0.15) is 0 Å². The van der Waals surface area contributed by atoms with E-state index in [-0.39, 0.29) is 12.1 Å². The fraction of sp³-hybridized carbons (Fsp3) is 0.727. The van der Waals surface area contributed by atoms with Crippen LogP contribution in [0.1, 0.15) is 25.5 Å². The molecular formula is C11H19N3O. The largest absolute Gasteiger partial charge is 0.374 e. The smallest absolute Gasteiger partial charge is 0.0734 e. The summed E-state index contributed by atoms with van der Waals surface area (Å²) in [4.78, 5) is 0. The second-order valence-electron chi connectivity index (χ2n) is 4.41. The minimum absolute atomic E-state index is 0.0739. The van der Waals surface area contributed by atoms with Crippen molar-refractivity contribution in [2.75, 3.05) is 0 Å². The third kappa shape index (κ3) is 2.58. The van der Waals surface area contributed by atoms with E-state index >= 15 is 0 Å². The fourth-order valence-electron chi connectivity index (χ4n) is 2.09. The molecule has 1 saturated heterocycles. The van der Waals surface area contributed by atoms with E-state index in [1.54, 1.807) is 4.68 Å². The number of nitrogens with zero attached hydrogens (tertiary/aromatic N) is 2. The second kappa shape index (κ2) is 4.33. The number of ether oxygens (including phenoxy) is 1. The lowest BCUT2D eigenvalue weighted by Crippen LogP contribution is -2.36. The van der Waals surface area contributed by atoms with Crippen molar-refractivity contribution >= 4 is 0 Å². The van der Waals surface area contributed by atoms with E-state index in [2.05, 4.69) is 12.0 Å². The Bertz CT molecular complexity index is 323. The fourth-order valence-corrected chi connectivity index (χ4v) is 2.09. The zero-order valence-electron chi connectivity index (χ0n) is 9.39. The predicted octanol–water partition coefficient (Wildman–Crippen LogP) is 0.857. The monoisotopic (exact) mass is 209 g/mol. The zero-order chi connectivity index (χ0) is 10.8. The van der Waals surface area contributed by atoms with Gasteiger partial charge < -0.3 is 10.5 Å². The Morgan fingerprint density at radius 3 is 3.00 bits per heavy atom. The molecule has 0 radical (unpaired) electrons. The number of hydrogen-bond acceptors (Lipinski definition) is 3. The first-order valence-electron chi connectivity index (χ1n) is 5.54. The third-order valence-electron chi connectivity index (χ3n) is 2.96. The highest BCUT2D eigenvalue weighted by atomic mass is 16.5. The van der Waals surface area contributed by atoms with Gasteiger partial charge in [0.15, 0.2) is 0 Å². The molecule has 1 aromatic rings. The minimum Gasteiger partial charge on any atom is -0.374 e. The average Bonchev–Trinajstić information content (AvgIpc) is 2.75. The summed E-state index contributed by atoms with van der Waals surface area (Å²) in [6.07, 6.45) is 5.53. The molecule has 1 fully saturated rings. The lowest BCUT2D eigenvalue weighted by Gasteiger charge is -2.18. The summed E-state index contributed by atoms with van der Waals surface area (Å²) in [7, 11) is 1.92. The summed E-state index contributed by atoms with van der Waals surface area (Å²) in [5, 5.41) is 4.32. The van der Waals surface area contributed by atoms with E-state index in [0.29, 0.717) is 6.10 Å². The molecule has 3 atom stereocenters. The van der Waals surface area contributed by atoms with Crippen LogP contribution in [0.25, 0.3) is 0 Å². The molecule has 4 heteroatoms. The second-order valence-corrected chi connectivity index (χ2v) is 4.41. The molecule has 1 aliphatic heterocycles. The summed E-state index contributed by atoms with van der Waals surface area (Å²) >= 11 is 0. The van der Waals surface area contributed by atoms with Gasteiger partial charge in [0, 0.05) is 25.7 Å². The number of rotatable bonds is 3. The SMILES string of the molecule is CC1CCC(C(N)Cc2ccn(C)n2)O1. The average molecular weight is 209 g/mol. The van der Waals surface area contributed by atoms with Crippen molar-refractivity contribution in [1.29, 1.82) is 0 Å². The Morgan fingerprint density at radius 1 is 1.67 bits per heavy atom. The Labute approximate surface area is 90.4 Å². The van der Waals surface area contributed by atoms with Gasteiger partial charge in [-0.15, -0.1) is 0 Å². The lowest BCUT2D eigenvalue weighted by molar-refractivity contribution is 0.0402. The van der Waals surface area contributed by atoms with Crippen molar-refractivity contribution in [3.63, 3.8) is 0 Å². The van der Waals surface area contributed by atoms with Crippen LogP contribution in [0, 0.1) is 0 Å². The van der Waals surface area contributed by atoms with Crippen LogP contribution in [0.5, 0.6) is 0 Å². The number of nitrogens with two attached hydrogens (primary N) is 1. The summed E-state index contributed by atoms with van der Waals surface area (Å²) in [5.74, 6) is 0. The molecule has 3 unspecified atom stereocenters. The van der Waals surface area contributed by atoms with Crippen molar-refractivity contribution in [2.45, 2.75) is 44.4 Å². The minimum atomic E-state index is 0.0739. The van der Waals surface area contributed by atoms with E-state index in [0.717, 1.165) is 25.0 Å². The summed E-state index contributed by atoms with van der Waals surface area (Å²) in [6, 6.07) is 2.09. The molecule has 0 bridgehead atoms. The Morgan fingerprint density at radius 2 is 2.47 bits per heavy atom. The summed E-state index contributed by atoms with van der Waals surface area (Å²) in [5.41, 5.74) is 7.16. The highest BCUT2D eigenvalue weighted by Gasteiger charge is 2.27. The van der Waals surface area contributed by atoms with Gasteiger partial charge in [0.05, 0.1) is 17.9 Å². The van der Waals surface area contributed by atoms with Gasteiger partial charge in [-0.25, -0.2) is 0 Å². The normalized spacial score (nSPS) is 28.2. The molecule has 0 aromatic carbocycles. The van der Waals surface area contributed by atoms with Crippen molar-refractivity contribution < 1.29 is 4.74 Å². The van der Waals surface area contributed by atoms with E-state index in [1.807, 2.05) is 19.3 Å². The van der Waals surface area contributed by atoms with E-state index in [1.165, 1.54) is 0 Å². The first-order valence-corrected chi connectivity index (χ1v) is 5.54. The van der Waals surface area contributed by atoms with E-state index in [4.69, 9.17) is 10.5 Å². The maximum Gasteiger partial charge on any atom is 0.0734 e. The van der Waals surface area contributed by atoms with Crippen LogP contribution in [-0.2, 0) is 18.2 Å². The first kappa shape index (κ1) is 10.6. The van der Waals surface area contributed by atoms with Crippen LogP contribution >= 0.6 is 0 Å². The topological polar surface area (TPSA) is 53.1 Å². The molecule has 15 heavy (non-hydrogen) atoms. The highest BCUT2D eigenvalue weighted by Crippen LogP contribution is 2.22. The van der Waals surface area contributed by atoms with Crippen molar-refractivity contribution in [3.8, 4) is 0 Å². The molecular weight excluding hydrogens is 190 g/mol. The molecule has 0 amide bonds. The Hall–Kier alpha value is -0.870. The van der Waals surface area contributed by atoms with Crippen LogP contribution in [0.4, 0.5) is 0 Å². The molecule has 4 nitrogen and oxygen atoms in total.